The van der Waals surface area contributed by atoms with E-state index < -0.39 is 17.9 Å². The van der Waals surface area contributed by atoms with Crippen LogP contribution >= 0.6 is 0 Å². The van der Waals surface area contributed by atoms with Gasteiger partial charge in [-0.2, -0.15) is 0 Å². The highest BCUT2D eigenvalue weighted by Crippen LogP contribution is 2.29. The van der Waals surface area contributed by atoms with Gasteiger partial charge < -0.3 is 14.2 Å². The first-order chi connectivity index (χ1) is 23.0. The van der Waals surface area contributed by atoms with E-state index in [1.54, 1.807) is 38.1 Å². The molecule has 0 bridgehead atoms. The van der Waals surface area contributed by atoms with Crippen molar-refractivity contribution in [2.24, 2.45) is 0 Å². The van der Waals surface area contributed by atoms with Gasteiger partial charge in [0.05, 0.1) is 5.56 Å². The van der Waals surface area contributed by atoms with Gasteiger partial charge in [-0.05, 0) is 85.5 Å². The minimum atomic E-state index is -0.536. The van der Waals surface area contributed by atoms with Crippen LogP contribution in [0.5, 0.6) is 17.2 Å². The molecule has 4 rings (SSSR count). The predicted molar refractivity (Wildman–Crippen MR) is 191 cm³/mol. The lowest BCUT2D eigenvalue weighted by molar-refractivity contribution is -0.131. The molecule has 0 saturated carbocycles. The van der Waals surface area contributed by atoms with Gasteiger partial charge >= 0.3 is 17.9 Å². The third-order valence-corrected chi connectivity index (χ3v) is 6.87. The van der Waals surface area contributed by atoms with Gasteiger partial charge in [-0.25, -0.2) is 14.4 Å². The topological polar surface area (TPSA) is 78.9 Å². The highest BCUT2D eigenvalue weighted by molar-refractivity contribution is 5.90. The van der Waals surface area contributed by atoms with E-state index in [-0.39, 0.29) is 5.57 Å². The van der Waals surface area contributed by atoms with Crippen LogP contribution in [0.3, 0.4) is 0 Å². The van der Waals surface area contributed by atoms with E-state index in [1.165, 1.54) is 0 Å². The lowest BCUT2D eigenvalue weighted by Gasteiger charge is -2.12. The van der Waals surface area contributed by atoms with Gasteiger partial charge in [-0.1, -0.05) is 98.3 Å². The maximum Gasteiger partial charge on any atom is 0.338 e. The third kappa shape index (κ3) is 9.77. The van der Waals surface area contributed by atoms with Crippen molar-refractivity contribution in [2.75, 3.05) is 0 Å². The Balaban J connectivity index is 1.50. The molecule has 0 unspecified atom stereocenters. The van der Waals surface area contributed by atoms with Crippen molar-refractivity contribution in [3.8, 4) is 29.1 Å². The Kier molecular flexibility index (Phi) is 11.6. The Bertz CT molecular complexity index is 2000. The summed E-state index contributed by atoms with van der Waals surface area (Å²) in [5, 5.41) is 0. The van der Waals surface area contributed by atoms with Gasteiger partial charge in [-0.3, -0.25) is 0 Å². The van der Waals surface area contributed by atoms with E-state index in [0.717, 1.165) is 39.5 Å². The molecule has 0 saturated heterocycles. The van der Waals surface area contributed by atoms with Gasteiger partial charge in [0.2, 0.25) is 0 Å². The first kappa shape index (κ1) is 34.4. The van der Waals surface area contributed by atoms with Crippen LogP contribution in [0.4, 0.5) is 0 Å². The maximum absolute atomic E-state index is 12.5. The van der Waals surface area contributed by atoms with Gasteiger partial charge in [-0.15, -0.1) is 0 Å². The van der Waals surface area contributed by atoms with Crippen molar-refractivity contribution >= 4 is 42.2 Å². The summed E-state index contributed by atoms with van der Waals surface area (Å²) in [6.45, 7) is 15.8. The first-order valence-corrected chi connectivity index (χ1v) is 14.9. The molecule has 0 aliphatic carbocycles. The normalized spacial score (nSPS) is 10.6. The summed E-state index contributed by atoms with van der Waals surface area (Å²) in [7, 11) is 0. The second-order valence-electron chi connectivity index (χ2n) is 10.8. The van der Waals surface area contributed by atoms with E-state index in [1.807, 2.05) is 91.9 Å². The second kappa shape index (κ2) is 16.2. The molecule has 4 aromatic rings. The van der Waals surface area contributed by atoms with Crippen LogP contribution in [0.15, 0.2) is 122 Å². The Morgan fingerprint density at radius 2 is 1.08 bits per heavy atom. The molecule has 0 aliphatic heterocycles. The summed E-state index contributed by atoms with van der Waals surface area (Å²) in [6.07, 6.45) is 8.86. The number of rotatable bonds is 10. The molecule has 0 spiro atoms. The molecule has 6 heteroatoms. The maximum atomic E-state index is 12.5. The summed E-state index contributed by atoms with van der Waals surface area (Å²) in [6, 6.07) is 25.7. The SMILES string of the molecule is C=CC(=O)Oc1ccc(C=Cc2ccc(C#Cc3ccc(C=Cc4ccc(OC(=O)C(=C)C)cc4)cc3)c(OC(=O)C(=C)C)c2C)cc1. The van der Waals surface area contributed by atoms with Gasteiger partial charge in [0.15, 0.2) is 0 Å². The van der Waals surface area contributed by atoms with Gasteiger partial charge in [0, 0.05) is 28.3 Å². The van der Waals surface area contributed by atoms with E-state index >= 15 is 0 Å². The summed E-state index contributed by atoms with van der Waals surface area (Å²) >= 11 is 0. The van der Waals surface area contributed by atoms with Crippen molar-refractivity contribution in [2.45, 2.75) is 20.8 Å². The second-order valence-corrected chi connectivity index (χ2v) is 10.8. The van der Waals surface area contributed by atoms with Crippen molar-refractivity contribution in [3.05, 3.63) is 161 Å². The van der Waals surface area contributed by atoms with Crippen LogP contribution in [-0.4, -0.2) is 17.9 Å². The first-order valence-electron chi connectivity index (χ1n) is 14.9. The van der Waals surface area contributed by atoms with E-state index in [9.17, 15) is 14.4 Å². The number of esters is 3. The molecular formula is C42H34O6. The van der Waals surface area contributed by atoms with Crippen LogP contribution < -0.4 is 14.2 Å². The Morgan fingerprint density at radius 3 is 1.60 bits per heavy atom. The van der Waals surface area contributed by atoms with Crippen LogP contribution in [0.1, 0.15) is 52.8 Å². The Morgan fingerprint density at radius 1 is 0.604 bits per heavy atom. The monoisotopic (exact) mass is 634 g/mol. The molecular weight excluding hydrogens is 600 g/mol. The molecule has 0 aromatic heterocycles. The third-order valence-electron chi connectivity index (χ3n) is 6.87. The lowest BCUT2D eigenvalue weighted by atomic mass is 10.0. The summed E-state index contributed by atoms with van der Waals surface area (Å²) in [5.74, 6) is 6.05. The molecule has 6 nitrogen and oxygen atoms in total. The van der Waals surface area contributed by atoms with E-state index in [0.29, 0.717) is 28.4 Å². The molecule has 0 N–H and O–H groups in total. The highest BCUT2D eigenvalue weighted by Gasteiger charge is 2.14. The standard InChI is InChI=1S/C42H34O6/c1-7-39(43)46-37-24-16-34(17-25-37)14-20-35-22-23-36(40(30(35)6)48-42(45)29(4)5)21-15-32-11-8-31(9-12-32)10-13-33-18-26-38(27-19-33)47-41(44)28(2)3/h7-14,16-20,22-27H,1-2,4H2,3,5-6H3. The smallest absolute Gasteiger partial charge is 0.338 e. The fourth-order valence-electron chi connectivity index (χ4n) is 4.14. The molecule has 0 fully saturated rings. The number of hydrogen-bond acceptors (Lipinski definition) is 6. The van der Waals surface area contributed by atoms with E-state index in [2.05, 4.69) is 31.6 Å². The van der Waals surface area contributed by atoms with Crippen molar-refractivity contribution in [1.29, 1.82) is 0 Å². The number of carbonyl (C=O) groups excluding carboxylic acids is 3. The molecule has 0 amide bonds. The molecule has 0 heterocycles. The quantitative estimate of drug-likeness (QED) is 0.0571. The van der Waals surface area contributed by atoms with Crippen LogP contribution in [0.2, 0.25) is 0 Å². The average Bonchev–Trinajstić information content (AvgIpc) is 3.08. The average molecular weight is 635 g/mol. The van der Waals surface area contributed by atoms with Crippen LogP contribution in [0, 0.1) is 18.8 Å². The number of ether oxygens (including phenoxy) is 3. The molecule has 4 aromatic carbocycles. The van der Waals surface area contributed by atoms with Crippen LogP contribution in [-0.2, 0) is 14.4 Å². The van der Waals surface area contributed by atoms with Gasteiger partial charge in [0.25, 0.3) is 0 Å². The van der Waals surface area contributed by atoms with Crippen molar-refractivity contribution in [3.63, 3.8) is 0 Å². The van der Waals surface area contributed by atoms with Crippen molar-refractivity contribution in [1.82, 2.24) is 0 Å². The molecule has 238 valence electrons. The fourth-order valence-corrected chi connectivity index (χ4v) is 4.14. The number of carbonyl (C=O) groups is 3. The zero-order valence-electron chi connectivity index (χ0n) is 27.0. The molecule has 0 atom stereocenters. The summed E-state index contributed by atoms with van der Waals surface area (Å²) < 4.78 is 16.1. The van der Waals surface area contributed by atoms with Crippen LogP contribution in [0.25, 0.3) is 24.3 Å². The zero-order valence-corrected chi connectivity index (χ0v) is 27.0. The van der Waals surface area contributed by atoms with E-state index in [4.69, 9.17) is 14.2 Å². The largest absolute Gasteiger partial charge is 0.423 e. The predicted octanol–water partition coefficient (Wildman–Crippen LogP) is 8.79. The minimum absolute atomic E-state index is 0.275. The fraction of sp³-hybridized carbons (Fsp3) is 0.0714. The number of hydrogen-bond donors (Lipinski definition) is 0. The lowest BCUT2D eigenvalue weighted by Crippen LogP contribution is -2.10. The minimum Gasteiger partial charge on any atom is -0.423 e. The molecule has 0 radical (unpaired) electrons. The zero-order chi connectivity index (χ0) is 34.6. The summed E-state index contributed by atoms with van der Waals surface area (Å²) in [5.41, 5.74) is 6.36. The highest BCUT2D eigenvalue weighted by atomic mass is 16.5. The van der Waals surface area contributed by atoms with Gasteiger partial charge in [0.1, 0.15) is 17.2 Å². The Labute approximate surface area is 281 Å². The summed E-state index contributed by atoms with van der Waals surface area (Å²) in [4.78, 5) is 35.7. The molecule has 0 aliphatic rings. The number of benzene rings is 4. The molecule has 48 heavy (non-hydrogen) atoms. The van der Waals surface area contributed by atoms with Crippen molar-refractivity contribution < 1.29 is 28.6 Å². The Hall–Kier alpha value is -6.45.